The van der Waals surface area contributed by atoms with Crippen LogP contribution in [0.3, 0.4) is 0 Å². The van der Waals surface area contributed by atoms with Gasteiger partial charge in [-0.15, -0.1) is 0 Å². The Kier molecular flexibility index (Phi) is 4.02. The van der Waals surface area contributed by atoms with E-state index in [1.54, 1.807) is 19.9 Å². The van der Waals surface area contributed by atoms with Crippen molar-refractivity contribution in [1.29, 1.82) is 0 Å². The summed E-state index contributed by atoms with van der Waals surface area (Å²) in [5, 5.41) is 0. The van der Waals surface area contributed by atoms with Crippen LogP contribution in [0.25, 0.3) is 6.08 Å². The Morgan fingerprint density at radius 1 is 1.19 bits per heavy atom. The zero-order chi connectivity index (χ0) is 15.6. The predicted molar refractivity (Wildman–Crippen MR) is 73.0 cm³/mol. The van der Waals surface area contributed by atoms with Crippen LogP contribution < -0.4 is 0 Å². The van der Waals surface area contributed by atoms with E-state index in [1.165, 1.54) is 24.3 Å². The second kappa shape index (κ2) is 5.60. The molecule has 2 rings (SSSR count). The Morgan fingerprint density at radius 2 is 1.86 bits per heavy atom. The lowest BCUT2D eigenvalue weighted by Crippen LogP contribution is -2.07. The molecule has 0 saturated carbocycles. The highest BCUT2D eigenvalue weighted by atomic mass is 19.4. The number of halogens is 3. The molecule has 0 fully saturated rings. The summed E-state index contributed by atoms with van der Waals surface area (Å²) in [6, 6.07) is 6.67. The SMILES string of the molecule is Cc1cc(C(=O)/C=C/c2ccccc2C(F)(F)F)c(C)o1. The van der Waals surface area contributed by atoms with E-state index in [2.05, 4.69) is 0 Å². The highest BCUT2D eigenvalue weighted by molar-refractivity contribution is 6.07. The van der Waals surface area contributed by atoms with Crippen molar-refractivity contribution in [2.24, 2.45) is 0 Å². The fraction of sp³-hybridized carbons (Fsp3) is 0.188. The zero-order valence-electron chi connectivity index (χ0n) is 11.5. The average Bonchev–Trinajstić information content (AvgIpc) is 2.74. The molecule has 5 heteroatoms. The van der Waals surface area contributed by atoms with E-state index in [9.17, 15) is 18.0 Å². The molecule has 0 N–H and O–H groups in total. The number of rotatable bonds is 3. The average molecular weight is 294 g/mol. The van der Waals surface area contributed by atoms with Gasteiger partial charge in [0.25, 0.3) is 0 Å². The molecule has 0 bridgehead atoms. The number of allylic oxidation sites excluding steroid dienone is 1. The molecule has 0 aliphatic carbocycles. The molecule has 2 aromatic rings. The van der Waals surface area contributed by atoms with Gasteiger partial charge in [0, 0.05) is 0 Å². The first-order valence-electron chi connectivity index (χ1n) is 6.24. The highest BCUT2D eigenvalue weighted by Gasteiger charge is 2.32. The van der Waals surface area contributed by atoms with Crippen molar-refractivity contribution in [3.8, 4) is 0 Å². The minimum absolute atomic E-state index is 0.0452. The van der Waals surface area contributed by atoms with Gasteiger partial charge >= 0.3 is 6.18 Å². The van der Waals surface area contributed by atoms with E-state index in [1.807, 2.05) is 0 Å². The second-order valence-electron chi connectivity index (χ2n) is 4.61. The first-order valence-corrected chi connectivity index (χ1v) is 6.24. The minimum Gasteiger partial charge on any atom is -0.466 e. The molecule has 0 amide bonds. The van der Waals surface area contributed by atoms with Gasteiger partial charge in [0.05, 0.1) is 11.1 Å². The minimum atomic E-state index is -4.45. The van der Waals surface area contributed by atoms with Gasteiger partial charge in [-0.25, -0.2) is 0 Å². The van der Waals surface area contributed by atoms with Crippen LogP contribution in [0.1, 0.15) is 33.0 Å². The van der Waals surface area contributed by atoms with E-state index in [0.29, 0.717) is 17.1 Å². The number of alkyl halides is 3. The third-order valence-electron chi connectivity index (χ3n) is 2.99. The maximum Gasteiger partial charge on any atom is 0.416 e. The molecular weight excluding hydrogens is 281 g/mol. The summed E-state index contributed by atoms with van der Waals surface area (Å²) in [6.45, 7) is 3.34. The third-order valence-corrected chi connectivity index (χ3v) is 2.99. The van der Waals surface area contributed by atoms with E-state index in [-0.39, 0.29) is 11.3 Å². The summed E-state index contributed by atoms with van der Waals surface area (Å²) in [5.74, 6) is 0.646. The van der Waals surface area contributed by atoms with Gasteiger partial charge in [0.15, 0.2) is 5.78 Å². The summed E-state index contributed by atoms with van der Waals surface area (Å²) in [5.41, 5.74) is -0.460. The molecular formula is C16H13F3O2. The van der Waals surface area contributed by atoms with E-state index in [0.717, 1.165) is 12.1 Å². The van der Waals surface area contributed by atoms with Gasteiger partial charge < -0.3 is 4.42 Å². The van der Waals surface area contributed by atoms with Crippen molar-refractivity contribution in [2.45, 2.75) is 20.0 Å². The van der Waals surface area contributed by atoms with Crippen LogP contribution in [-0.2, 0) is 6.18 Å². The Morgan fingerprint density at radius 3 is 2.43 bits per heavy atom. The van der Waals surface area contributed by atoms with Crippen LogP contribution in [0.5, 0.6) is 0 Å². The molecule has 110 valence electrons. The molecule has 1 aromatic heterocycles. The summed E-state index contributed by atoms with van der Waals surface area (Å²) >= 11 is 0. The van der Waals surface area contributed by atoms with Crippen LogP contribution in [0.4, 0.5) is 13.2 Å². The number of ketones is 1. The molecule has 0 aliphatic rings. The second-order valence-corrected chi connectivity index (χ2v) is 4.61. The van der Waals surface area contributed by atoms with Crippen LogP contribution in [0.2, 0.25) is 0 Å². The van der Waals surface area contributed by atoms with Crippen molar-refractivity contribution < 1.29 is 22.4 Å². The largest absolute Gasteiger partial charge is 0.466 e. The monoisotopic (exact) mass is 294 g/mol. The number of aryl methyl sites for hydroxylation is 2. The Balaban J connectivity index is 2.30. The first-order chi connectivity index (χ1) is 9.79. The Hall–Kier alpha value is -2.30. The molecule has 0 aliphatic heterocycles. The standard InChI is InChI=1S/C16H13F3O2/c1-10-9-13(11(2)21-10)15(20)8-7-12-5-3-4-6-14(12)16(17,18)19/h3-9H,1-2H3/b8-7+. The van der Waals surface area contributed by atoms with Gasteiger partial charge in [0.1, 0.15) is 11.5 Å². The number of carbonyl (C=O) groups is 1. The molecule has 2 nitrogen and oxygen atoms in total. The lowest BCUT2D eigenvalue weighted by atomic mass is 10.0. The van der Waals surface area contributed by atoms with Crippen molar-refractivity contribution >= 4 is 11.9 Å². The molecule has 0 spiro atoms. The number of benzene rings is 1. The van der Waals surface area contributed by atoms with Crippen molar-refractivity contribution in [3.63, 3.8) is 0 Å². The first kappa shape index (κ1) is 15.1. The lowest BCUT2D eigenvalue weighted by molar-refractivity contribution is -0.137. The molecule has 21 heavy (non-hydrogen) atoms. The maximum absolute atomic E-state index is 12.8. The summed E-state index contributed by atoms with van der Waals surface area (Å²) in [7, 11) is 0. The van der Waals surface area contributed by atoms with Gasteiger partial charge in [-0.2, -0.15) is 13.2 Å². The van der Waals surface area contributed by atoms with Gasteiger partial charge in [-0.05, 0) is 37.6 Å². The van der Waals surface area contributed by atoms with Crippen LogP contribution in [-0.4, -0.2) is 5.78 Å². The van der Waals surface area contributed by atoms with Crippen molar-refractivity contribution in [1.82, 2.24) is 0 Å². The quantitative estimate of drug-likeness (QED) is 0.600. The normalized spacial score (nSPS) is 12.0. The zero-order valence-corrected chi connectivity index (χ0v) is 11.5. The lowest BCUT2D eigenvalue weighted by Gasteiger charge is -2.09. The van der Waals surface area contributed by atoms with Crippen molar-refractivity contribution in [3.05, 3.63) is 64.6 Å². The molecule has 0 radical (unpaired) electrons. The van der Waals surface area contributed by atoms with E-state index in [4.69, 9.17) is 4.42 Å². The fourth-order valence-corrected chi connectivity index (χ4v) is 2.03. The molecule has 1 aromatic carbocycles. The van der Waals surface area contributed by atoms with Crippen molar-refractivity contribution in [2.75, 3.05) is 0 Å². The van der Waals surface area contributed by atoms with Crippen LogP contribution in [0, 0.1) is 13.8 Å². The third kappa shape index (κ3) is 3.42. The Bertz CT molecular complexity index is 694. The topological polar surface area (TPSA) is 30.2 Å². The van der Waals surface area contributed by atoms with Crippen LogP contribution >= 0.6 is 0 Å². The molecule has 0 atom stereocenters. The Labute approximate surface area is 119 Å². The summed E-state index contributed by atoms with van der Waals surface area (Å²) < 4.78 is 43.7. The maximum atomic E-state index is 12.8. The molecule has 1 heterocycles. The number of furan rings is 1. The fourth-order valence-electron chi connectivity index (χ4n) is 2.03. The van der Waals surface area contributed by atoms with E-state index >= 15 is 0 Å². The summed E-state index contributed by atoms with van der Waals surface area (Å²) in [6.07, 6.45) is -2.15. The van der Waals surface area contributed by atoms with Gasteiger partial charge in [-0.3, -0.25) is 4.79 Å². The predicted octanol–water partition coefficient (Wildman–Crippen LogP) is 4.81. The van der Waals surface area contributed by atoms with Crippen LogP contribution in [0.15, 0.2) is 40.8 Å². The smallest absolute Gasteiger partial charge is 0.416 e. The van der Waals surface area contributed by atoms with Gasteiger partial charge in [0.2, 0.25) is 0 Å². The molecule has 0 saturated heterocycles. The van der Waals surface area contributed by atoms with E-state index < -0.39 is 11.7 Å². The highest BCUT2D eigenvalue weighted by Crippen LogP contribution is 2.32. The number of carbonyl (C=O) groups excluding carboxylic acids is 1. The molecule has 0 unspecified atom stereocenters. The number of hydrogen-bond donors (Lipinski definition) is 0. The number of hydrogen-bond acceptors (Lipinski definition) is 2. The van der Waals surface area contributed by atoms with Gasteiger partial charge in [-0.1, -0.05) is 24.3 Å². The summed E-state index contributed by atoms with van der Waals surface area (Å²) in [4.78, 5) is 12.0.